The summed E-state index contributed by atoms with van der Waals surface area (Å²) in [6.07, 6.45) is 2.13. The van der Waals surface area contributed by atoms with Gasteiger partial charge in [-0.25, -0.2) is 0 Å². The van der Waals surface area contributed by atoms with E-state index in [-0.39, 0.29) is 6.04 Å². The number of para-hydroxylation sites is 1. The number of aromatic hydroxyl groups is 1. The lowest BCUT2D eigenvalue weighted by atomic mass is 9.89. The van der Waals surface area contributed by atoms with Gasteiger partial charge in [-0.1, -0.05) is 45.9 Å². The quantitative estimate of drug-likeness (QED) is 0.784. The molecule has 0 saturated carbocycles. The highest BCUT2D eigenvalue weighted by atomic mass is 16.3. The Morgan fingerprint density at radius 3 is 2.41 bits per heavy atom. The third-order valence-electron chi connectivity index (χ3n) is 3.50. The Hall–Kier alpha value is -1.02. The maximum absolute atomic E-state index is 9.86. The molecule has 1 aromatic rings. The van der Waals surface area contributed by atoms with E-state index in [1.54, 1.807) is 6.07 Å². The van der Waals surface area contributed by atoms with Crippen molar-refractivity contribution in [1.82, 2.24) is 5.32 Å². The number of phenolic OH excluding ortho intramolecular Hbond substituents is 1. The van der Waals surface area contributed by atoms with Crippen LogP contribution < -0.4 is 5.32 Å². The molecule has 0 aliphatic heterocycles. The molecule has 1 rings (SSSR count). The van der Waals surface area contributed by atoms with Gasteiger partial charge in [0.25, 0.3) is 0 Å². The lowest BCUT2D eigenvalue weighted by Crippen LogP contribution is -2.31. The van der Waals surface area contributed by atoms with Crippen molar-refractivity contribution >= 4 is 0 Å². The van der Waals surface area contributed by atoms with Crippen LogP contribution in [0.5, 0.6) is 5.75 Å². The number of hydrogen-bond acceptors (Lipinski definition) is 2. The highest BCUT2D eigenvalue weighted by Crippen LogP contribution is 2.27. The van der Waals surface area contributed by atoms with E-state index in [1.807, 2.05) is 18.2 Å². The second kappa shape index (κ2) is 6.06. The van der Waals surface area contributed by atoms with Crippen molar-refractivity contribution in [3.8, 4) is 5.75 Å². The minimum atomic E-state index is 0.238. The topological polar surface area (TPSA) is 32.3 Å². The first kappa shape index (κ1) is 14.0. The number of nitrogens with one attached hydrogen (secondary N) is 1. The summed E-state index contributed by atoms with van der Waals surface area (Å²) in [6.45, 7) is 9.84. The van der Waals surface area contributed by atoms with Crippen LogP contribution in [0.2, 0.25) is 0 Å². The minimum absolute atomic E-state index is 0.238. The number of benzene rings is 1. The fraction of sp³-hybridized carbons (Fsp3) is 0.600. The Kier molecular flexibility index (Phi) is 5.01. The molecule has 1 aromatic carbocycles. The standard InChI is InChI=1S/C15H25NO/c1-5-13(16-11-15(3,4)6-2)12-9-7-8-10-14(12)17/h7-10,13,16-17H,5-6,11H2,1-4H3. The van der Waals surface area contributed by atoms with Gasteiger partial charge in [0.15, 0.2) is 0 Å². The maximum Gasteiger partial charge on any atom is 0.120 e. The van der Waals surface area contributed by atoms with Crippen molar-refractivity contribution < 1.29 is 5.11 Å². The summed E-state index contributed by atoms with van der Waals surface area (Å²) in [4.78, 5) is 0. The first-order valence-electron chi connectivity index (χ1n) is 6.51. The molecule has 1 unspecified atom stereocenters. The molecule has 0 fully saturated rings. The molecule has 2 N–H and O–H groups in total. The monoisotopic (exact) mass is 235 g/mol. The summed E-state index contributed by atoms with van der Waals surface area (Å²) in [5.74, 6) is 0.390. The summed E-state index contributed by atoms with van der Waals surface area (Å²) in [7, 11) is 0. The molecule has 0 saturated heterocycles. The lowest BCUT2D eigenvalue weighted by molar-refractivity contribution is 0.304. The Bertz CT molecular complexity index is 347. The van der Waals surface area contributed by atoms with E-state index < -0.39 is 0 Å². The van der Waals surface area contributed by atoms with Crippen LogP contribution in [0.15, 0.2) is 24.3 Å². The van der Waals surface area contributed by atoms with Gasteiger partial charge in [-0.15, -0.1) is 0 Å². The summed E-state index contributed by atoms with van der Waals surface area (Å²) >= 11 is 0. The van der Waals surface area contributed by atoms with Crippen LogP contribution in [0.1, 0.15) is 52.1 Å². The summed E-state index contributed by atoms with van der Waals surface area (Å²) in [5.41, 5.74) is 1.31. The van der Waals surface area contributed by atoms with E-state index in [0.29, 0.717) is 11.2 Å². The molecule has 0 aliphatic carbocycles. The Morgan fingerprint density at radius 2 is 1.88 bits per heavy atom. The average Bonchev–Trinajstić information content (AvgIpc) is 2.32. The van der Waals surface area contributed by atoms with Gasteiger partial charge >= 0.3 is 0 Å². The fourth-order valence-electron chi connectivity index (χ4n) is 1.78. The molecule has 0 spiro atoms. The van der Waals surface area contributed by atoms with Crippen LogP contribution in [0.3, 0.4) is 0 Å². The molecule has 0 aromatic heterocycles. The van der Waals surface area contributed by atoms with Gasteiger partial charge in [-0.3, -0.25) is 0 Å². The van der Waals surface area contributed by atoms with Crippen molar-refractivity contribution in [1.29, 1.82) is 0 Å². The Labute approximate surface area is 105 Å². The van der Waals surface area contributed by atoms with Gasteiger partial charge in [0, 0.05) is 18.2 Å². The van der Waals surface area contributed by atoms with Gasteiger partial charge in [0.2, 0.25) is 0 Å². The molecule has 17 heavy (non-hydrogen) atoms. The third-order valence-corrected chi connectivity index (χ3v) is 3.50. The van der Waals surface area contributed by atoms with E-state index in [2.05, 4.69) is 33.0 Å². The Morgan fingerprint density at radius 1 is 1.24 bits per heavy atom. The molecular formula is C15H25NO. The molecule has 2 nitrogen and oxygen atoms in total. The molecule has 96 valence electrons. The molecule has 0 radical (unpaired) electrons. The fourth-order valence-corrected chi connectivity index (χ4v) is 1.78. The maximum atomic E-state index is 9.86. The molecular weight excluding hydrogens is 210 g/mol. The summed E-state index contributed by atoms with van der Waals surface area (Å²) < 4.78 is 0. The molecule has 1 atom stereocenters. The summed E-state index contributed by atoms with van der Waals surface area (Å²) in [6, 6.07) is 7.83. The number of phenols is 1. The van der Waals surface area contributed by atoms with E-state index in [1.165, 1.54) is 0 Å². The third kappa shape index (κ3) is 4.04. The molecule has 0 bridgehead atoms. The van der Waals surface area contributed by atoms with E-state index >= 15 is 0 Å². The SMILES string of the molecule is CCC(NCC(C)(C)CC)c1ccccc1O. The minimum Gasteiger partial charge on any atom is -0.508 e. The van der Waals surface area contributed by atoms with Crippen LogP contribution in [0, 0.1) is 5.41 Å². The van der Waals surface area contributed by atoms with E-state index in [4.69, 9.17) is 0 Å². The predicted molar refractivity (Wildman–Crippen MR) is 73.2 cm³/mol. The normalized spacial score (nSPS) is 13.6. The molecule has 0 aliphatic rings. The van der Waals surface area contributed by atoms with Crippen molar-refractivity contribution in [3.05, 3.63) is 29.8 Å². The zero-order chi connectivity index (χ0) is 12.9. The zero-order valence-corrected chi connectivity index (χ0v) is 11.5. The number of hydrogen-bond donors (Lipinski definition) is 2. The molecule has 0 amide bonds. The van der Waals surface area contributed by atoms with Gasteiger partial charge in [-0.2, -0.15) is 0 Å². The van der Waals surface area contributed by atoms with Gasteiger partial charge in [0.1, 0.15) is 5.75 Å². The van der Waals surface area contributed by atoms with Crippen molar-refractivity contribution in [2.45, 2.75) is 46.6 Å². The largest absolute Gasteiger partial charge is 0.508 e. The highest BCUT2D eigenvalue weighted by molar-refractivity contribution is 5.34. The average molecular weight is 235 g/mol. The van der Waals surface area contributed by atoms with Gasteiger partial charge < -0.3 is 10.4 Å². The van der Waals surface area contributed by atoms with Gasteiger partial charge in [0.05, 0.1) is 0 Å². The highest BCUT2D eigenvalue weighted by Gasteiger charge is 2.18. The van der Waals surface area contributed by atoms with Crippen molar-refractivity contribution in [2.24, 2.45) is 5.41 Å². The van der Waals surface area contributed by atoms with Crippen LogP contribution in [0.4, 0.5) is 0 Å². The van der Waals surface area contributed by atoms with Crippen LogP contribution in [-0.4, -0.2) is 11.7 Å². The van der Waals surface area contributed by atoms with E-state index in [0.717, 1.165) is 24.9 Å². The second-order valence-electron chi connectivity index (χ2n) is 5.42. The van der Waals surface area contributed by atoms with Crippen molar-refractivity contribution in [2.75, 3.05) is 6.54 Å². The van der Waals surface area contributed by atoms with Crippen LogP contribution in [-0.2, 0) is 0 Å². The van der Waals surface area contributed by atoms with Crippen LogP contribution >= 0.6 is 0 Å². The molecule has 0 heterocycles. The number of rotatable bonds is 6. The van der Waals surface area contributed by atoms with E-state index in [9.17, 15) is 5.11 Å². The van der Waals surface area contributed by atoms with Gasteiger partial charge in [-0.05, 0) is 24.3 Å². The first-order valence-corrected chi connectivity index (χ1v) is 6.51. The Balaban J connectivity index is 2.70. The first-order chi connectivity index (χ1) is 8.00. The molecule has 2 heteroatoms. The second-order valence-corrected chi connectivity index (χ2v) is 5.42. The smallest absolute Gasteiger partial charge is 0.120 e. The summed E-state index contributed by atoms with van der Waals surface area (Å²) in [5, 5.41) is 13.4. The predicted octanol–water partition coefficient (Wildman–Crippen LogP) is 3.87. The zero-order valence-electron chi connectivity index (χ0n) is 11.5. The van der Waals surface area contributed by atoms with Crippen LogP contribution in [0.25, 0.3) is 0 Å². The van der Waals surface area contributed by atoms with Crippen molar-refractivity contribution in [3.63, 3.8) is 0 Å². The lowest BCUT2D eigenvalue weighted by Gasteiger charge is -2.27.